The molecule has 0 N–H and O–H groups in total. The van der Waals surface area contributed by atoms with E-state index in [1.807, 2.05) is 0 Å². The second-order valence-corrected chi connectivity index (χ2v) is 21.7. The minimum Gasteiger partial charge on any atom is -0.353 e. The van der Waals surface area contributed by atoms with Gasteiger partial charge in [0, 0.05) is 26.4 Å². The number of rotatable bonds is 64. The number of hydrogen-bond donors (Lipinski definition) is 0. The smallest absolute Gasteiger partial charge is 0.180 e. The topological polar surface area (TPSA) is 64.6 Å². The molecule has 436 valence electrons. The fourth-order valence-electron chi connectivity index (χ4n) is 9.31. The highest BCUT2D eigenvalue weighted by molar-refractivity contribution is 4.90. The number of hydrogen-bond acceptors (Lipinski definition) is 7. The molecule has 0 aliphatic carbocycles. The van der Waals surface area contributed by atoms with Crippen molar-refractivity contribution in [2.45, 2.75) is 362 Å². The molecule has 2 atom stereocenters. The van der Waals surface area contributed by atoms with Crippen LogP contribution in [0.3, 0.4) is 0 Å². The fraction of sp³-hybridized carbons (Fsp3) is 0.939. The number of unbranched alkanes of at least 4 members (excludes halogenated alkanes) is 36. The van der Waals surface area contributed by atoms with E-state index in [-0.39, 0.29) is 25.2 Å². The number of allylic oxidation sites excluding steroid dienone is 2. The van der Waals surface area contributed by atoms with Crippen LogP contribution in [0.4, 0.5) is 0 Å². The Bertz CT molecular complexity index is 944. The van der Waals surface area contributed by atoms with E-state index in [4.69, 9.17) is 33.2 Å². The lowest BCUT2D eigenvalue weighted by Gasteiger charge is -2.22. The van der Waals surface area contributed by atoms with Gasteiger partial charge in [-0.2, -0.15) is 0 Å². The summed E-state index contributed by atoms with van der Waals surface area (Å²) in [4.78, 5) is 0. The number of ether oxygens (including phenoxy) is 7. The summed E-state index contributed by atoms with van der Waals surface area (Å²) >= 11 is 0. The summed E-state index contributed by atoms with van der Waals surface area (Å²) in [5, 5.41) is 0. The summed E-state index contributed by atoms with van der Waals surface area (Å²) in [7, 11) is 0. The van der Waals surface area contributed by atoms with Crippen LogP contribution in [0, 0.1) is 0 Å². The van der Waals surface area contributed by atoms with Crippen LogP contribution in [0.5, 0.6) is 0 Å². The minimum atomic E-state index is -0.374. The molecule has 7 nitrogen and oxygen atoms in total. The minimum absolute atomic E-state index is 0.00353. The lowest BCUT2D eigenvalue weighted by Crippen LogP contribution is -2.25. The summed E-state index contributed by atoms with van der Waals surface area (Å²) in [6, 6.07) is 0. The molecule has 0 saturated heterocycles. The van der Waals surface area contributed by atoms with Gasteiger partial charge in [0.05, 0.1) is 13.2 Å². The van der Waals surface area contributed by atoms with E-state index >= 15 is 0 Å². The Balaban J connectivity index is 4.65. The molecule has 0 aromatic rings. The van der Waals surface area contributed by atoms with Crippen molar-refractivity contribution in [2.75, 3.05) is 39.6 Å². The standard InChI is InChI=1S/C66H130O7/c1-7-13-19-47-57-67-63(68-58-48-20-14-8-2)53-43-39-35-31-27-25-29-33-37-41-45-55-65(71-61-51-23-17-11-5)73-66(72-62-52-24-18-12-6)56-46-42-38-34-30-26-28-32-36-40-44-54-64(69-59-49-21-15-9-3)70-60-50-22-16-10-4/h45-46,55-56,63-66H,7-44,47-54,57-62H2,1-6H3. The third-order valence-corrected chi connectivity index (χ3v) is 14.2. The van der Waals surface area contributed by atoms with E-state index in [1.54, 1.807) is 0 Å². The van der Waals surface area contributed by atoms with E-state index < -0.39 is 0 Å². The Labute approximate surface area is 457 Å². The predicted octanol–water partition coefficient (Wildman–Crippen LogP) is 21.6. The molecular formula is C66H130O7. The van der Waals surface area contributed by atoms with E-state index in [0.29, 0.717) is 0 Å². The largest absolute Gasteiger partial charge is 0.353 e. The molecule has 73 heavy (non-hydrogen) atoms. The molecule has 0 bridgehead atoms. The second-order valence-electron chi connectivity index (χ2n) is 21.7. The molecule has 0 saturated carbocycles. The monoisotopic (exact) mass is 1030 g/mol. The maximum Gasteiger partial charge on any atom is 0.180 e. The average molecular weight is 1040 g/mol. The first kappa shape index (κ1) is 72.2. The molecule has 0 aliphatic rings. The van der Waals surface area contributed by atoms with Gasteiger partial charge in [-0.3, -0.25) is 0 Å². The summed E-state index contributed by atoms with van der Waals surface area (Å²) in [5.41, 5.74) is 0. The summed E-state index contributed by atoms with van der Waals surface area (Å²) in [6.07, 6.45) is 65.4. The molecule has 0 spiro atoms. The van der Waals surface area contributed by atoms with Gasteiger partial charge in [0.2, 0.25) is 0 Å². The van der Waals surface area contributed by atoms with E-state index in [9.17, 15) is 0 Å². The van der Waals surface area contributed by atoms with Crippen molar-refractivity contribution in [2.24, 2.45) is 0 Å². The third kappa shape index (κ3) is 57.2. The van der Waals surface area contributed by atoms with Gasteiger partial charge >= 0.3 is 0 Å². The predicted molar refractivity (Wildman–Crippen MR) is 317 cm³/mol. The summed E-state index contributed by atoms with van der Waals surface area (Å²) in [6.45, 7) is 18.4. The Morgan fingerprint density at radius 1 is 0.233 bits per heavy atom. The van der Waals surface area contributed by atoms with Crippen molar-refractivity contribution in [1.82, 2.24) is 0 Å². The molecule has 0 heterocycles. The fourth-order valence-corrected chi connectivity index (χ4v) is 9.31. The van der Waals surface area contributed by atoms with Gasteiger partial charge in [-0.1, -0.05) is 259 Å². The molecule has 0 radical (unpaired) electrons. The van der Waals surface area contributed by atoms with Crippen LogP contribution in [0.15, 0.2) is 24.3 Å². The van der Waals surface area contributed by atoms with Gasteiger partial charge in [0.25, 0.3) is 0 Å². The van der Waals surface area contributed by atoms with Crippen LogP contribution in [0.25, 0.3) is 0 Å². The van der Waals surface area contributed by atoms with Crippen molar-refractivity contribution >= 4 is 0 Å². The van der Waals surface area contributed by atoms with Crippen LogP contribution in [0.1, 0.15) is 337 Å². The molecular weight excluding hydrogens is 905 g/mol. The van der Waals surface area contributed by atoms with Crippen LogP contribution < -0.4 is 0 Å². The normalized spacial score (nSPS) is 13.0. The van der Waals surface area contributed by atoms with Crippen LogP contribution >= 0.6 is 0 Å². The van der Waals surface area contributed by atoms with Gasteiger partial charge in [0.1, 0.15) is 0 Å². The SMILES string of the molecule is CCCCCCOC(C=CCCCCCCCCCCCC(OCCCCCC)OCCCCCC)OC(C=CCCCCCCCCCCCC(OCCCCCC)OCCCCCC)OCCCCCC. The molecule has 0 rings (SSSR count). The van der Waals surface area contributed by atoms with Crippen molar-refractivity contribution in [3.8, 4) is 0 Å². The first-order chi connectivity index (χ1) is 36.1. The summed E-state index contributed by atoms with van der Waals surface area (Å²) < 4.78 is 44.0. The van der Waals surface area contributed by atoms with Crippen LogP contribution in [0.2, 0.25) is 0 Å². The zero-order valence-electron chi connectivity index (χ0n) is 50.2. The van der Waals surface area contributed by atoms with Gasteiger partial charge in [0.15, 0.2) is 25.2 Å². The first-order valence-electron chi connectivity index (χ1n) is 32.8. The lowest BCUT2D eigenvalue weighted by atomic mass is 10.1. The highest BCUT2D eigenvalue weighted by Crippen LogP contribution is 2.19. The molecule has 2 unspecified atom stereocenters. The zero-order valence-corrected chi connectivity index (χ0v) is 50.2. The highest BCUT2D eigenvalue weighted by atomic mass is 16.8. The van der Waals surface area contributed by atoms with Gasteiger partial charge < -0.3 is 33.2 Å². The molecule has 0 fully saturated rings. The van der Waals surface area contributed by atoms with Crippen molar-refractivity contribution in [1.29, 1.82) is 0 Å². The molecule has 0 amide bonds. The van der Waals surface area contributed by atoms with E-state index in [1.165, 1.54) is 231 Å². The van der Waals surface area contributed by atoms with Gasteiger partial charge in [-0.05, 0) is 102 Å². The van der Waals surface area contributed by atoms with Gasteiger partial charge in [-0.15, -0.1) is 0 Å². The quantitative estimate of drug-likeness (QED) is 0.0342. The van der Waals surface area contributed by atoms with E-state index in [2.05, 4.69) is 65.8 Å². The van der Waals surface area contributed by atoms with Crippen LogP contribution in [-0.2, 0) is 33.2 Å². The Morgan fingerprint density at radius 3 is 0.712 bits per heavy atom. The van der Waals surface area contributed by atoms with Crippen molar-refractivity contribution < 1.29 is 33.2 Å². The maximum atomic E-state index is 6.56. The van der Waals surface area contributed by atoms with Crippen molar-refractivity contribution in [3.63, 3.8) is 0 Å². The van der Waals surface area contributed by atoms with Crippen molar-refractivity contribution in [3.05, 3.63) is 24.3 Å². The highest BCUT2D eigenvalue weighted by Gasteiger charge is 2.15. The summed E-state index contributed by atoms with van der Waals surface area (Å²) in [5.74, 6) is 0. The second kappa shape index (κ2) is 63.7. The van der Waals surface area contributed by atoms with Gasteiger partial charge in [-0.25, -0.2) is 0 Å². The Hall–Kier alpha value is -0.800. The molecule has 7 heteroatoms. The third-order valence-electron chi connectivity index (χ3n) is 14.2. The molecule has 0 aromatic heterocycles. The molecule has 0 aliphatic heterocycles. The first-order valence-corrected chi connectivity index (χ1v) is 32.8. The Kier molecular flexibility index (Phi) is 63.0. The lowest BCUT2D eigenvalue weighted by molar-refractivity contribution is -0.208. The van der Waals surface area contributed by atoms with Crippen LogP contribution in [-0.4, -0.2) is 64.8 Å². The Morgan fingerprint density at radius 2 is 0.452 bits per heavy atom. The average Bonchev–Trinajstić information content (AvgIpc) is 3.39. The maximum absolute atomic E-state index is 6.56. The molecule has 0 aromatic carbocycles. The van der Waals surface area contributed by atoms with E-state index in [0.717, 1.165) is 104 Å². The zero-order chi connectivity index (χ0) is 52.9.